The van der Waals surface area contributed by atoms with Crippen LogP contribution in [-0.2, 0) is 6.42 Å². The highest BCUT2D eigenvalue weighted by Gasteiger charge is 2.26. The van der Waals surface area contributed by atoms with Crippen molar-refractivity contribution in [1.82, 2.24) is 4.40 Å². The lowest BCUT2D eigenvalue weighted by molar-refractivity contribution is 0.668. The summed E-state index contributed by atoms with van der Waals surface area (Å²) in [5, 5.41) is 11.6. The fourth-order valence-electron chi connectivity index (χ4n) is 7.37. The van der Waals surface area contributed by atoms with Crippen molar-refractivity contribution in [1.29, 1.82) is 0 Å². The van der Waals surface area contributed by atoms with E-state index in [1.165, 1.54) is 76.0 Å². The van der Waals surface area contributed by atoms with Gasteiger partial charge in [-0.15, -0.1) is 0 Å². The highest BCUT2D eigenvalue weighted by molar-refractivity contribution is 6.10. The zero-order chi connectivity index (χ0) is 25.9. The third kappa shape index (κ3) is 2.63. The zero-order valence-electron chi connectivity index (χ0n) is 21.7. The summed E-state index contributed by atoms with van der Waals surface area (Å²) in [4.78, 5) is 0. The molecule has 0 N–H and O–H groups in total. The fourth-order valence-corrected chi connectivity index (χ4v) is 7.37. The molecule has 2 nitrogen and oxygen atoms in total. The van der Waals surface area contributed by atoms with E-state index in [0.29, 0.717) is 0 Å². The van der Waals surface area contributed by atoms with Crippen molar-refractivity contribution in [3.8, 4) is 0 Å². The highest BCUT2D eigenvalue weighted by atomic mass is 16.3. The molecule has 1 atom stereocenters. The number of fused-ring (bicyclic) bond motifs is 11. The van der Waals surface area contributed by atoms with E-state index in [2.05, 4.69) is 120 Å². The number of hydrogen-bond acceptors (Lipinski definition) is 1. The normalized spacial score (nSPS) is 15.3. The van der Waals surface area contributed by atoms with E-state index in [1.54, 1.807) is 0 Å². The van der Waals surface area contributed by atoms with Gasteiger partial charge in [0.1, 0.15) is 11.2 Å². The first-order valence-corrected chi connectivity index (χ1v) is 14.0. The third-order valence-corrected chi connectivity index (χ3v) is 9.21. The summed E-state index contributed by atoms with van der Waals surface area (Å²) in [6, 6.07) is 42.2. The number of rotatable bonds is 1. The Labute approximate surface area is 229 Å². The first-order chi connectivity index (χ1) is 19.8. The van der Waals surface area contributed by atoms with Crippen LogP contribution in [0.15, 0.2) is 120 Å². The van der Waals surface area contributed by atoms with Gasteiger partial charge in [-0.3, -0.25) is 0 Å². The molecule has 0 aliphatic heterocycles. The molecule has 0 saturated carbocycles. The van der Waals surface area contributed by atoms with Crippen LogP contribution in [0.3, 0.4) is 0 Å². The second-order valence-electron chi connectivity index (χ2n) is 11.3. The van der Waals surface area contributed by atoms with Crippen molar-refractivity contribution in [2.75, 3.05) is 0 Å². The SMILES string of the molecule is C1=c2c3cc4ccccc4cc3n3c2c(c2cc4ccccc4cc23)CC1c1ccc2oc3ccccc3c2c1. The third-order valence-electron chi connectivity index (χ3n) is 9.21. The molecule has 0 saturated heterocycles. The van der Waals surface area contributed by atoms with Gasteiger partial charge in [-0.05, 0) is 81.6 Å². The Morgan fingerprint density at radius 3 is 1.95 bits per heavy atom. The maximum atomic E-state index is 6.16. The Kier molecular flexibility index (Phi) is 3.81. The second kappa shape index (κ2) is 7.31. The van der Waals surface area contributed by atoms with Gasteiger partial charge in [0.2, 0.25) is 0 Å². The van der Waals surface area contributed by atoms with Gasteiger partial charge in [-0.1, -0.05) is 78.9 Å². The van der Waals surface area contributed by atoms with Crippen LogP contribution in [0.5, 0.6) is 0 Å². The monoisotopic (exact) mass is 509 g/mol. The second-order valence-corrected chi connectivity index (χ2v) is 11.3. The molecule has 3 aromatic heterocycles. The van der Waals surface area contributed by atoms with Crippen molar-refractivity contribution in [3.63, 3.8) is 0 Å². The quantitative estimate of drug-likeness (QED) is 0.216. The number of furan rings is 1. The first kappa shape index (κ1) is 20.8. The van der Waals surface area contributed by atoms with E-state index >= 15 is 0 Å². The van der Waals surface area contributed by atoms with Crippen LogP contribution in [0.1, 0.15) is 17.0 Å². The van der Waals surface area contributed by atoms with Crippen LogP contribution < -0.4 is 5.22 Å². The van der Waals surface area contributed by atoms with Gasteiger partial charge in [0, 0.05) is 32.7 Å². The largest absolute Gasteiger partial charge is 0.456 e. The summed E-state index contributed by atoms with van der Waals surface area (Å²) in [5.74, 6) is 0.281. The minimum Gasteiger partial charge on any atom is -0.456 e. The molecule has 1 aliphatic carbocycles. The van der Waals surface area contributed by atoms with E-state index in [0.717, 1.165) is 17.6 Å². The summed E-state index contributed by atoms with van der Waals surface area (Å²) in [5.41, 5.74) is 8.68. The number of nitrogens with zero attached hydrogens (tertiary/aromatic N) is 1. The van der Waals surface area contributed by atoms with Crippen LogP contribution in [0.25, 0.3) is 76.9 Å². The standard InChI is InChI=1S/C38H23NO/c1-3-9-24-20-34-29(15-22(24)7-1)32-18-27(26-13-14-37-31(17-26)28-11-5-6-12-36(28)40-37)19-33-30-16-23-8-2-4-10-25(23)21-35(30)39(34)38(32)33/h1-18,20-21,27H,19H2. The lowest BCUT2D eigenvalue weighted by Gasteiger charge is -2.17. The minimum absolute atomic E-state index is 0.281. The first-order valence-electron chi connectivity index (χ1n) is 14.0. The molecule has 0 spiro atoms. The number of para-hydroxylation sites is 1. The van der Waals surface area contributed by atoms with Crippen molar-refractivity contribution in [3.05, 3.63) is 132 Å². The van der Waals surface area contributed by atoms with Crippen molar-refractivity contribution in [2.45, 2.75) is 12.3 Å². The molecule has 10 rings (SSSR count). The Morgan fingerprint density at radius 1 is 0.550 bits per heavy atom. The van der Waals surface area contributed by atoms with Crippen LogP contribution >= 0.6 is 0 Å². The minimum atomic E-state index is 0.281. The van der Waals surface area contributed by atoms with Gasteiger partial charge in [-0.25, -0.2) is 0 Å². The van der Waals surface area contributed by atoms with Gasteiger partial charge < -0.3 is 8.82 Å². The summed E-state index contributed by atoms with van der Waals surface area (Å²) in [6.45, 7) is 0. The molecule has 1 aliphatic rings. The summed E-state index contributed by atoms with van der Waals surface area (Å²) < 4.78 is 8.69. The van der Waals surface area contributed by atoms with Gasteiger partial charge in [-0.2, -0.15) is 0 Å². The van der Waals surface area contributed by atoms with Crippen LogP contribution in [0.2, 0.25) is 0 Å². The summed E-state index contributed by atoms with van der Waals surface area (Å²) >= 11 is 0. The van der Waals surface area contributed by atoms with Crippen molar-refractivity contribution < 1.29 is 4.42 Å². The van der Waals surface area contributed by atoms with Crippen LogP contribution in [0, 0.1) is 0 Å². The molecule has 2 heteroatoms. The predicted molar refractivity (Wildman–Crippen MR) is 167 cm³/mol. The summed E-state index contributed by atoms with van der Waals surface area (Å²) in [7, 11) is 0. The van der Waals surface area contributed by atoms with E-state index in [4.69, 9.17) is 4.42 Å². The molecule has 0 radical (unpaired) electrons. The smallest absolute Gasteiger partial charge is 0.135 e. The van der Waals surface area contributed by atoms with Gasteiger partial charge in [0.25, 0.3) is 0 Å². The Hall–Kier alpha value is -5.08. The molecule has 0 fully saturated rings. The molecule has 0 amide bonds. The van der Waals surface area contributed by atoms with Crippen LogP contribution in [0.4, 0.5) is 0 Å². The Bertz CT molecular complexity index is 2580. The number of hydrogen-bond donors (Lipinski definition) is 0. The van der Waals surface area contributed by atoms with Crippen molar-refractivity contribution in [2.24, 2.45) is 0 Å². The van der Waals surface area contributed by atoms with Gasteiger partial charge in [0.15, 0.2) is 0 Å². The Balaban J connectivity index is 1.32. The molecule has 0 bridgehead atoms. The number of benzene rings is 6. The highest BCUT2D eigenvalue weighted by Crippen LogP contribution is 2.40. The molecular weight excluding hydrogens is 486 g/mol. The molecule has 9 aromatic rings. The maximum Gasteiger partial charge on any atom is 0.135 e. The molecule has 1 unspecified atom stereocenters. The lowest BCUT2D eigenvalue weighted by atomic mass is 9.85. The molecule has 186 valence electrons. The lowest BCUT2D eigenvalue weighted by Crippen LogP contribution is -2.13. The Morgan fingerprint density at radius 2 is 1.18 bits per heavy atom. The predicted octanol–water partition coefficient (Wildman–Crippen LogP) is 9.29. The zero-order valence-corrected chi connectivity index (χ0v) is 21.7. The topological polar surface area (TPSA) is 17.6 Å². The van der Waals surface area contributed by atoms with Crippen molar-refractivity contribution >= 4 is 76.9 Å². The van der Waals surface area contributed by atoms with Crippen LogP contribution in [-0.4, -0.2) is 4.40 Å². The molecule has 40 heavy (non-hydrogen) atoms. The van der Waals surface area contributed by atoms with Gasteiger partial charge in [0.05, 0.1) is 16.6 Å². The average molecular weight is 510 g/mol. The fraction of sp³-hybridized carbons (Fsp3) is 0.0526. The average Bonchev–Trinajstić information content (AvgIpc) is 3.64. The molecule has 3 heterocycles. The van der Waals surface area contributed by atoms with E-state index in [9.17, 15) is 0 Å². The van der Waals surface area contributed by atoms with E-state index in [1.807, 2.05) is 6.07 Å². The summed E-state index contributed by atoms with van der Waals surface area (Å²) in [6.07, 6.45) is 3.51. The number of aromatic nitrogens is 1. The van der Waals surface area contributed by atoms with E-state index in [-0.39, 0.29) is 5.92 Å². The van der Waals surface area contributed by atoms with E-state index < -0.39 is 0 Å². The van der Waals surface area contributed by atoms with Gasteiger partial charge >= 0.3 is 0 Å². The molecule has 6 aromatic carbocycles. The maximum absolute atomic E-state index is 6.16. The molecular formula is C38H23NO.